The SMILES string of the molecule is CC(O)CCCC1C(O)CCC1CC(=O)O. The van der Waals surface area contributed by atoms with Crippen LogP contribution in [0.4, 0.5) is 0 Å². The number of carbonyl (C=O) groups is 1. The van der Waals surface area contributed by atoms with Crippen LogP contribution in [0.2, 0.25) is 0 Å². The predicted molar refractivity (Wildman–Crippen MR) is 60.0 cm³/mol. The van der Waals surface area contributed by atoms with E-state index in [1.54, 1.807) is 6.92 Å². The number of hydrogen-bond donors (Lipinski definition) is 3. The van der Waals surface area contributed by atoms with Crippen LogP contribution in [0.15, 0.2) is 0 Å². The Morgan fingerprint density at radius 2 is 2.12 bits per heavy atom. The van der Waals surface area contributed by atoms with Crippen molar-refractivity contribution in [1.82, 2.24) is 0 Å². The van der Waals surface area contributed by atoms with Crippen molar-refractivity contribution < 1.29 is 20.1 Å². The van der Waals surface area contributed by atoms with Crippen LogP contribution in [0.3, 0.4) is 0 Å². The number of aliphatic hydroxyl groups is 2. The molecular weight excluding hydrogens is 208 g/mol. The fraction of sp³-hybridized carbons (Fsp3) is 0.917. The first kappa shape index (κ1) is 13.5. The summed E-state index contributed by atoms with van der Waals surface area (Å²) < 4.78 is 0. The van der Waals surface area contributed by atoms with Crippen molar-refractivity contribution in [3.63, 3.8) is 0 Å². The molecule has 0 aromatic carbocycles. The van der Waals surface area contributed by atoms with Gasteiger partial charge in [0.1, 0.15) is 0 Å². The first-order valence-corrected chi connectivity index (χ1v) is 6.08. The average molecular weight is 230 g/mol. The molecule has 0 aromatic heterocycles. The van der Waals surface area contributed by atoms with Gasteiger partial charge in [-0.15, -0.1) is 0 Å². The first-order chi connectivity index (χ1) is 7.50. The van der Waals surface area contributed by atoms with Gasteiger partial charge in [-0.1, -0.05) is 6.42 Å². The van der Waals surface area contributed by atoms with Crippen LogP contribution >= 0.6 is 0 Å². The summed E-state index contributed by atoms with van der Waals surface area (Å²) in [5.74, 6) is -0.559. The Balaban J connectivity index is 2.37. The summed E-state index contributed by atoms with van der Waals surface area (Å²) in [6, 6.07) is 0. The van der Waals surface area contributed by atoms with Gasteiger partial charge in [0.25, 0.3) is 0 Å². The van der Waals surface area contributed by atoms with Gasteiger partial charge in [-0.2, -0.15) is 0 Å². The largest absolute Gasteiger partial charge is 0.481 e. The van der Waals surface area contributed by atoms with E-state index < -0.39 is 5.97 Å². The Bertz CT molecular complexity index is 227. The number of aliphatic carboxylic acids is 1. The summed E-state index contributed by atoms with van der Waals surface area (Å²) in [5, 5.41) is 27.7. The lowest BCUT2D eigenvalue weighted by Gasteiger charge is -2.21. The molecule has 4 heteroatoms. The zero-order valence-electron chi connectivity index (χ0n) is 9.80. The Morgan fingerprint density at radius 3 is 2.69 bits per heavy atom. The molecule has 16 heavy (non-hydrogen) atoms. The highest BCUT2D eigenvalue weighted by Crippen LogP contribution is 2.37. The fourth-order valence-corrected chi connectivity index (χ4v) is 2.68. The highest BCUT2D eigenvalue weighted by Gasteiger charge is 2.35. The van der Waals surface area contributed by atoms with Gasteiger partial charge in [0.2, 0.25) is 0 Å². The monoisotopic (exact) mass is 230 g/mol. The Hall–Kier alpha value is -0.610. The van der Waals surface area contributed by atoms with Gasteiger partial charge in [-0.3, -0.25) is 4.79 Å². The van der Waals surface area contributed by atoms with Crippen LogP contribution in [0.25, 0.3) is 0 Å². The number of carboxylic acids is 1. The van der Waals surface area contributed by atoms with Crippen LogP contribution in [0.1, 0.15) is 45.4 Å². The van der Waals surface area contributed by atoms with Crippen LogP contribution in [-0.4, -0.2) is 33.5 Å². The fourth-order valence-electron chi connectivity index (χ4n) is 2.68. The predicted octanol–water partition coefficient (Wildman–Crippen LogP) is 1.40. The molecule has 0 bridgehead atoms. The van der Waals surface area contributed by atoms with E-state index in [1.807, 2.05) is 0 Å². The molecule has 1 aliphatic carbocycles. The third kappa shape index (κ3) is 4.10. The minimum Gasteiger partial charge on any atom is -0.481 e. The molecule has 4 atom stereocenters. The highest BCUT2D eigenvalue weighted by atomic mass is 16.4. The van der Waals surface area contributed by atoms with Crippen LogP contribution in [0.5, 0.6) is 0 Å². The van der Waals surface area contributed by atoms with Gasteiger partial charge in [-0.25, -0.2) is 0 Å². The molecule has 0 aliphatic heterocycles. The second-order valence-electron chi connectivity index (χ2n) is 4.95. The number of aliphatic hydroxyl groups excluding tert-OH is 2. The van der Waals surface area contributed by atoms with Gasteiger partial charge in [0.05, 0.1) is 12.2 Å². The van der Waals surface area contributed by atoms with E-state index in [1.165, 1.54) is 0 Å². The molecule has 3 N–H and O–H groups in total. The van der Waals surface area contributed by atoms with E-state index in [9.17, 15) is 9.90 Å². The van der Waals surface area contributed by atoms with Gasteiger partial charge in [-0.05, 0) is 44.4 Å². The number of carboxylic acid groups (broad SMARTS) is 1. The van der Waals surface area contributed by atoms with Crippen molar-refractivity contribution >= 4 is 5.97 Å². The van der Waals surface area contributed by atoms with E-state index in [4.69, 9.17) is 10.2 Å². The van der Waals surface area contributed by atoms with Crippen LogP contribution < -0.4 is 0 Å². The molecule has 0 amide bonds. The zero-order valence-corrected chi connectivity index (χ0v) is 9.80. The zero-order chi connectivity index (χ0) is 12.1. The lowest BCUT2D eigenvalue weighted by Crippen LogP contribution is -2.21. The molecule has 4 unspecified atom stereocenters. The lowest BCUT2D eigenvalue weighted by atomic mass is 9.87. The third-order valence-electron chi connectivity index (χ3n) is 3.53. The standard InChI is InChI=1S/C12H22O4/c1-8(13)3-2-4-10-9(7-12(15)16)5-6-11(10)14/h8-11,13-14H,2-7H2,1H3,(H,15,16). The quantitative estimate of drug-likeness (QED) is 0.644. The van der Waals surface area contributed by atoms with E-state index >= 15 is 0 Å². The molecule has 0 saturated heterocycles. The number of hydrogen-bond acceptors (Lipinski definition) is 3. The Labute approximate surface area is 96.3 Å². The summed E-state index contributed by atoms with van der Waals surface area (Å²) in [5.41, 5.74) is 0. The lowest BCUT2D eigenvalue weighted by molar-refractivity contribution is -0.138. The average Bonchev–Trinajstić information content (AvgIpc) is 2.48. The second-order valence-corrected chi connectivity index (χ2v) is 4.95. The number of rotatable bonds is 6. The smallest absolute Gasteiger partial charge is 0.303 e. The molecule has 0 radical (unpaired) electrons. The third-order valence-corrected chi connectivity index (χ3v) is 3.53. The van der Waals surface area contributed by atoms with E-state index in [0.717, 1.165) is 32.1 Å². The summed E-state index contributed by atoms with van der Waals surface area (Å²) >= 11 is 0. The maximum atomic E-state index is 10.7. The summed E-state index contributed by atoms with van der Waals surface area (Å²) in [7, 11) is 0. The topological polar surface area (TPSA) is 77.8 Å². The van der Waals surface area contributed by atoms with Gasteiger partial charge < -0.3 is 15.3 Å². The van der Waals surface area contributed by atoms with Crippen molar-refractivity contribution in [2.75, 3.05) is 0 Å². The molecule has 1 rings (SSSR count). The molecule has 1 saturated carbocycles. The summed E-state index contributed by atoms with van der Waals surface area (Å²) in [6.07, 6.45) is 3.44. The van der Waals surface area contributed by atoms with Crippen molar-refractivity contribution in [2.24, 2.45) is 11.8 Å². The van der Waals surface area contributed by atoms with Gasteiger partial charge >= 0.3 is 5.97 Å². The Kier molecular flexibility index (Phi) is 5.22. The highest BCUT2D eigenvalue weighted by molar-refractivity contribution is 5.67. The maximum absolute atomic E-state index is 10.7. The minimum atomic E-state index is -0.778. The van der Waals surface area contributed by atoms with Crippen molar-refractivity contribution in [3.8, 4) is 0 Å². The normalized spacial score (nSPS) is 31.6. The van der Waals surface area contributed by atoms with E-state index in [2.05, 4.69) is 0 Å². The van der Waals surface area contributed by atoms with Crippen LogP contribution in [-0.2, 0) is 4.79 Å². The van der Waals surface area contributed by atoms with Crippen molar-refractivity contribution in [2.45, 2.75) is 57.7 Å². The van der Waals surface area contributed by atoms with E-state index in [0.29, 0.717) is 0 Å². The van der Waals surface area contributed by atoms with Crippen molar-refractivity contribution in [3.05, 3.63) is 0 Å². The van der Waals surface area contributed by atoms with Crippen LogP contribution in [0, 0.1) is 11.8 Å². The minimum absolute atomic E-state index is 0.106. The summed E-state index contributed by atoms with van der Waals surface area (Å²) in [6.45, 7) is 1.75. The molecule has 0 spiro atoms. The molecular formula is C12H22O4. The molecule has 1 fully saturated rings. The molecule has 0 heterocycles. The molecule has 94 valence electrons. The van der Waals surface area contributed by atoms with E-state index in [-0.39, 0.29) is 30.5 Å². The first-order valence-electron chi connectivity index (χ1n) is 6.08. The molecule has 0 aromatic rings. The Morgan fingerprint density at radius 1 is 1.44 bits per heavy atom. The van der Waals surface area contributed by atoms with Gasteiger partial charge in [0.15, 0.2) is 0 Å². The maximum Gasteiger partial charge on any atom is 0.303 e. The molecule has 4 nitrogen and oxygen atoms in total. The van der Waals surface area contributed by atoms with Crippen molar-refractivity contribution in [1.29, 1.82) is 0 Å². The van der Waals surface area contributed by atoms with Gasteiger partial charge in [0, 0.05) is 6.42 Å². The summed E-state index contributed by atoms with van der Waals surface area (Å²) in [4.78, 5) is 10.7. The molecule has 1 aliphatic rings. The second kappa shape index (κ2) is 6.21.